The topological polar surface area (TPSA) is 51.1 Å². The number of rotatable bonds is 5. The van der Waals surface area contributed by atoms with E-state index in [1.54, 1.807) is 19.1 Å². The molecule has 1 aliphatic heterocycles. The SMILES string of the molecule is CCOc1cc(/C=C2/SC(=Nc3ccccc3)N(C)C2=O)ccc1OC. The summed E-state index contributed by atoms with van der Waals surface area (Å²) in [5.74, 6) is 1.26. The zero-order valence-electron chi connectivity index (χ0n) is 14.9. The third kappa shape index (κ3) is 3.91. The molecule has 0 unspecified atom stereocenters. The smallest absolute Gasteiger partial charge is 0.266 e. The van der Waals surface area contributed by atoms with Gasteiger partial charge in [-0.25, -0.2) is 4.99 Å². The minimum absolute atomic E-state index is 0.0709. The van der Waals surface area contributed by atoms with Crippen LogP contribution in [0.4, 0.5) is 5.69 Å². The number of nitrogens with zero attached hydrogens (tertiary/aromatic N) is 2. The van der Waals surface area contributed by atoms with Crippen LogP contribution in [0.25, 0.3) is 6.08 Å². The van der Waals surface area contributed by atoms with Gasteiger partial charge in [-0.05, 0) is 54.6 Å². The Kier molecular flexibility index (Phi) is 5.63. The van der Waals surface area contributed by atoms with E-state index in [4.69, 9.17) is 9.47 Å². The van der Waals surface area contributed by atoms with E-state index in [1.807, 2.05) is 61.5 Å². The summed E-state index contributed by atoms with van der Waals surface area (Å²) < 4.78 is 10.9. The molecule has 1 amide bonds. The first kappa shape index (κ1) is 18.1. The summed E-state index contributed by atoms with van der Waals surface area (Å²) in [5, 5.41) is 0.658. The Balaban J connectivity index is 1.89. The highest BCUT2D eigenvalue weighted by Gasteiger charge is 2.30. The number of amides is 1. The van der Waals surface area contributed by atoms with Crippen LogP contribution in [0.15, 0.2) is 58.4 Å². The summed E-state index contributed by atoms with van der Waals surface area (Å²) in [5.41, 5.74) is 1.69. The maximum Gasteiger partial charge on any atom is 0.266 e. The first-order valence-electron chi connectivity index (χ1n) is 8.24. The van der Waals surface area contributed by atoms with Gasteiger partial charge in [-0.3, -0.25) is 9.69 Å². The number of amidine groups is 1. The van der Waals surface area contributed by atoms with Crippen molar-refractivity contribution in [2.75, 3.05) is 20.8 Å². The van der Waals surface area contributed by atoms with Gasteiger partial charge in [-0.1, -0.05) is 24.3 Å². The van der Waals surface area contributed by atoms with Crippen molar-refractivity contribution in [3.63, 3.8) is 0 Å². The second-order valence-corrected chi connectivity index (χ2v) is 6.56. The Morgan fingerprint density at radius 3 is 2.62 bits per heavy atom. The first-order chi connectivity index (χ1) is 12.6. The van der Waals surface area contributed by atoms with Gasteiger partial charge in [0.25, 0.3) is 5.91 Å². The van der Waals surface area contributed by atoms with E-state index in [2.05, 4.69) is 4.99 Å². The molecule has 3 rings (SSSR count). The Morgan fingerprint density at radius 1 is 1.15 bits per heavy atom. The fourth-order valence-corrected chi connectivity index (χ4v) is 3.45. The van der Waals surface area contributed by atoms with E-state index >= 15 is 0 Å². The van der Waals surface area contributed by atoms with Gasteiger partial charge < -0.3 is 9.47 Å². The monoisotopic (exact) mass is 368 g/mol. The molecule has 1 fully saturated rings. The number of benzene rings is 2. The molecule has 2 aromatic carbocycles. The number of carbonyl (C=O) groups is 1. The summed E-state index contributed by atoms with van der Waals surface area (Å²) in [7, 11) is 3.34. The lowest BCUT2D eigenvalue weighted by molar-refractivity contribution is -0.121. The van der Waals surface area contributed by atoms with Crippen LogP contribution in [-0.4, -0.2) is 36.7 Å². The Morgan fingerprint density at radius 2 is 1.92 bits per heavy atom. The second-order valence-electron chi connectivity index (χ2n) is 5.55. The second kappa shape index (κ2) is 8.10. The van der Waals surface area contributed by atoms with Crippen molar-refractivity contribution in [1.82, 2.24) is 4.90 Å². The van der Waals surface area contributed by atoms with E-state index in [0.29, 0.717) is 28.2 Å². The van der Waals surface area contributed by atoms with Crippen LogP contribution in [0, 0.1) is 0 Å². The summed E-state index contributed by atoms with van der Waals surface area (Å²) >= 11 is 1.36. The predicted molar refractivity (Wildman–Crippen MR) is 106 cm³/mol. The van der Waals surface area contributed by atoms with Crippen molar-refractivity contribution < 1.29 is 14.3 Å². The molecule has 0 aliphatic carbocycles. The van der Waals surface area contributed by atoms with Crippen LogP contribution in [0.2, 0.25) is 0 Å². The van der Waals surface area contributed by atoms with Crippen molar-refractivity contribution in [2.45, 2.75) is 6.92 Å². The Hall–Kier alpha value is -2.73. The number of carbonyl (C=O) groups excluding carboxylic acids is 1. The quantitative estimate of drug-likeness (QED) is 0.737. The highest BCUT2D eigenvalue weighted by atomic mass is 32.2. The van der Waals surface area contributed by atoms with Crippen LogP contribution in [0.5, 0.6) is 11.5 Å². The molecule has 1 aliphatic rings. The van der Waals surface area contributed by atoms with Gasteiger partial charge >= 0.3 is 0 Å². The van der Waals surface area contributed by atoms with Crippen molar-refractivity contribution in [1.29, 1.82) is 0 Å². The molecule has 5 nitrogen and oxygen atoms in total. The Labute approximate surface area is 157 Å². The molecular formula is C20H20N2O3S. The molecule has 134 valence electrons. The van der Waals surface area contributed by atoms with Crippen molar-refractivity contribution in [2.24, 2.45) is 4.99 Å². The van der Waals surface area contributed by atoms with E-state index in [9.17, 15) is 4.79 Å². The summed E-state index contributed by atoms with van der Waals surface area (Å²) in [4.78, 5) is 19.3. The average Bonchev–Trinajstić information content (AvgIpc) is 2.91. The van der Waals surface area contributed by atoms with Crippen molar-refractivity contribution in [3.05, 3.63) is 59.0 Å². The minimum atomic E-state index is -0.0709. The highest BCUT2D eigenvalue weighted by Crippen LogP contribution is 2.35. The van der Waals surface area contributed by atoms with Crippen molar-refractivity contribution in [3.8, 4) is 11.5 Å². The number of para-hydroxylation sites is 1. The van der Waals surface area contributed by atoms with Gasteiger partial charge in [-0.2, -0.15) is 0 Å². The minimum Gasteiger partial charge on any atom is -0.493 e. The number of hydrogen-bond donors (Lipinski definition) is 0. The lowest BCUT2D eigenvalue weighted by Gasteiger charge is -2.09. The van der Waals surface area contributed by atoms with Gasteiger partial charge in [0.1, 0.15) is 0 Å². The third-order valence-electron chi connectivity index (χ3n) is 3.77. The van der Waals surface area contributed by atoms with Crippen molar-refractivity contribution >= 4 is 34.6 Å². The molecular weight excluding hydrogens is 348 g/mol. The lowest BCUT2D eigenvalue weighted by Crippen LogP contribution is -2.23. The van der Waals surface area contributed by atoms with Gasteiger partial charge in [0, 0.05) is 7.05 Å². The van der Waals surface area contributed by atoms with Gasteiger partial charge in [0.2, 0.25) is 0 Å². The van der Waals surface area contributed by atoms with Crippen LogP contribution in [-0.2, 0) is 4.79 Å². The number of hydrogen-bond acceptors (Lipinski definition) is 5. The summed E-state index contributed by atoms with van der Waals surface area (Å²) in [6.07, 6.45) is 1.85. The molecule has 2 aromatic rings. The van der Waals surface area contributed by atoms with E-state index in [0.717, 1.165) is 11.3 Å². The molecule has 0 N–H and O–H groups in total. The van der Waals surface area contributed by atoms with Crippen LogP contribution in [0.3, 0.4) is 0 Å². The molecule has 0 atom stereocenters. The van der Waals surface area contributed by atoms with E-state index < -0.39 is 0 Å². The van der Waals surface area contributed by atoms with E-state index in [1.165, 1.54) is 11.8 Å². The molecule has 26 heavy (non-hydrogen) atoms. The molecule has 0 spiro atoms. The normalized spacial score (nSPS) is 17.2. The zero-order valence-corrected chi connectivity index (χ0v) is 15.7. The lowest BCUT2D eigenvalue weighted by atomic mass is 10.2. The standard InChI is InChI=1S/C20H20N2O3S/c1-4-25-17-12-14(10-11-16(17)24-3)13-18-19(23)22(2)20(26-18)21-15-8-6-5-7-9-15/h5-13H,4H2,1-3H3/b18-13+,21-20?. The molecule has 0 aromatic heterocycles. The third-order valence-corrected chi connectivity index (χ3v) is 4.83. The first-order valence-corrected chi connectivity index (χ1v) is 9.06. The number of likely N-dealkylation sites (N-methyl/N-ethyl adjacent to an activating group) is 1. The van der Waals surface area contributed by atoms with Crippen LogP contribution >= 0.6 is 11.8 Å². The average molecular weight is 368 g/mol. The molecule has 0 saturated carbocycles. The highest BCUT2D eigenvalue weighted by molar-refractivity contribution is 8.18. The maximum atomic E-state index is 12.5. The van der Waals surface area contributed by atoms with Gasteiger partial charge in [0.15, 0.2) is 16.7 Å². The molecule has 0 bridgehead atoms. The predicted octanol–water partition coefficient (Wildman–Crippen LogP) is 4.33. The summed E-state index contributed by atoms with van der Waals surface area (Å²) in [6.45, 7) is 2.46. The number of aliphatic imine (C=N–C) groups is 1. The maximum absolute atomic E-state index is 12.5. The van der Waals surface area contributed by atoms with Gasteiger partial charge in [0.05, 0.1) is 24.3 Å². The molecule has 1 heterocycles. The number of ether oxygens (including phenoxy) is 2. The number of methoxy groups -OCH3 is 1. The largest absolute Gasteiger partial charge is 0.493 e. The van der Waals surface area contributed by atoms with Gasteiger partial charge in [-0.15, -0.1) is 0 Å². The van der Waals surface area contributed by atoms with Crippen LogP contribution in [0.1, 0.15) is 12.5 Å². The molecule has 1 saturated heterocycles. The Bertz CT molecular complexity index is 863. The molecule has 6 heteroatoms. The van der Waals surface area contributed by atoms with Crippen LogP contribution < -0.4 is 9.47 Å². The van der Waals surface area contributed by atoms with E-state index in [-0.39, 0.29) is 5.91 Å². The number of thioether (sulfide) groups is 1. The fraction of sp³-hybridized carbons (Fsp3) is 0.200. The zero-order chi connectivity index (χ0) is 18.5. The fourth-order valence-electron chi connectivity index (χ4n) is 2.47. The molecule has 0 radical (unpaired) electrons. The summed E-state index contributed by atoms with van der Waals surface area (Å²) in [6, 6.07) is 15.2.